The number of rotatable bonds is 3. The average molecular weight is 269 g/mol. The predicted octanol–water partition coefficient (Wildman–Crippen LogP) is 2.99. The third kappa shape index (κ3) is 3.09. The Hall–Kier alpha value is -2.49. The third-order valence-electron chi connectivity index (χ3n) is 3.02. The van der Waals surface area contributed by atoms with Crippen LogP contribution in [0.3, 0.4) is 0 Å². The highest BCUT2D eigenvalue weighted by Crippen LogP contribution is 2.25. The van der Waals surface area contributed by atoms with Crippen LogP contribution < -0.4 is 16.4 Å². The Labute approximate surface area is 119 Å². The van der Waals surface area contributed by atoms with Crippen molar-refractivity contribution in [1.29, 1.82) is 0 Å². The minimum Gasteiger partial charge on any atom is -0.399 e. The van der Waals surface area contributed by atoms with E-state index in [1.54, 1.807) is 25.2 Å². The summed E-state index contributed by atoms with van der Waals surface area (Å²) >= 11 is 0. The summed E-state index contributed by atoms with van der Waals surface area (Å²) < 4.78 is 0. The molecule has 4 heteroatoms. The summed E-state index contributed by atoms with van der Waals surface area (Å²) in [6.45, 7) is 4.08. The Kier molecular flexibility index (Phi) is 3.94. The van der Waals surface area contributed by atoms with Gasteiger partial charge in [0.05, 0.1) is 11.3 Å². The average Bonchev–Trinajstić information content (AvgIpc) is 2.37. The van der Waals surface area contributed by atoms with Gasteiger partial charge in [-0.3, -0.25) is 4.79 Å². The number of carbonyl (C=O) groups excluding carboxylic acids is 1. The number of hydrogen-bond donors (Lipinski definition) is 3. The molecule has 1 amide bonds. The van der Waals surface area contributed by atoms with Crippen LogP contribution in [0.4, 0.5) is 17.1 Å². The van der Waals surface area contributed by atoms with Gasteiger partial charge in [0.2, 0.25) is 0 Å². The minimum absolute atomic E-state index is 0.142. The Morgan fingerprint density at radius 3 is 2.30 bits per heavy atom. The topological polar surface area (TPSA) is 67.2 Å². The van der Waals surface area contributed by atoms with Crippen LogP contribution in [0.1, 0.15) is 21.5 Å². The van der Waals surface area contributed by atoms with E-state index in [1.165, 1.54) is 0 Å². The number of aryl methyl sites for hydroxylation is 2. The van der Waals surface area contributed by atoms with Crippen molar-refractivity contribution in [2.45, 2.75) is 13.8 Å². The van der Waals surface area contributed by atoms with Crippen molar-refractivity contribution in [3.63, 3.8) is 0 Å². The molecule has 0 spiro atoms. The largest absolute Gasteiger partial charge is 0.399 e. The number of benzene rings is 2. The molecule has 2 aromatic rings. The number of hydrogen-bond acceptors (Lipinski definition) is 3. The summed E-state index contributed by atoms with van der Waals surface area (Å²) in [4.78, 5) is 11.9. The molecule has 0 aromatic heterocycles. The van der Waals surface area contributed by atoms with E-state index in [-0.39, 0.29) is 5.91 Å². The van der Waals surface area contributed by atoms with E-state index in [0.717, 1.165) is 16.8 Å². The van der Waals surface area contributed by atoms with E-state index in [0.29, 0.717) is 16.9 Å². The van der Waals surface area contributed by atoms with Gasteiger partial charge < -0.3 is 16.4 Å². The molecule has 2 aromatic carbocycles. The Morgan fingerprint density at radius 1 is 1.05 bits per heavy atom. The quantitative estimate of drug-likeness (QED) is 0.750. The maximum atomic E-state index is 11.9. The fourth-order valence-electron chi connectivity index (χ4n) is 2.20. The smallest absolute Gasteiger partial charge is 0.253 e. The van der Waals surface area contributed by atoms with Crippen LogP contribution in [0.2, 0.25) is 0 Å². The molecule has 20 heavy (non-hydrogen) atoms. The molecule has 0 unspecified atom stereocenters. The summed E-state index contributed by atoms with van der Waals surface area (Å²) in [5, 5.41) is 5.90. The van der Waals surface area contributed by atoms with Gasteiger partial charge in [0.15, 0.2) is 0 Å². The zero-order valence-electron chi connectivity index (χ0n) is 11.9. The number of carbonyl (C=O) groups is 1. The van der Waals surface area contributed by atoms with Gasteiger partial charge in [-0.2, -0.15) is 0 Å². The first-order chi connectivity index (χ1) is 9.49. The molecule has 0 atom stereocenters. The lowest BCUT2D eigenvalue weighted by Gasteiger charge is -2.13. The van der Waals surface area contributed by atoms with Crippen molar-refractivity contribution < 1.29 is 4.79 Å². The molecule has 0 heterocycles. The van der Waals surface area contributed by atoms with Crippen molar-refractivity contribution >= 4 is 23.0 Å². The van der Waals surface area contributed by atoms with Gasteiger partial charge in [-0.1, -0.05) is 6.07 Å². The molecule has 0 aliphatic carbocycles. The fourth-order valence-corrected chi connectivity index (χ4v) is 2.20. The maximum absolute atomic E-state index is 11.9. The number of anilines is 3. The Morgan fingerprint density at radius 2 is 1.70 bits per heavy atom. The maximum Gasteiger partial charge on any atom is 0.253 e. The molecule has 0 saturated carbocycles. The number of amides is 1. The summed E-state index contributed by atoms with van der Waals surface area (Å²) in [6.07, 6.45) is 0. The SMILES string of the molecule is CNC(=O)c1ccc(N)cc1Nc1cc(C)cc(C)c1. The molecule has 104 valence electrons. The summed E-state index contributed by atoms with van der Waals surface area (Å²) in [5.74, 6) is -0.142. The van der Waals surface area contributed by atoms with E-state index in [9.17, 15) is 4.79 Å². The van der Waals surface area contributed by atoms with Gasteiger partial charge in [0.1, 0.15) is 0 Å². The lowest BCUT2D eigenvalue weighted by molar-refractivity contribution is 0.0964. The van der Waals surface area contributed by atoms with Gasteiger partial charge >= 0.3 is 0 Å². The van der Waals surface area contributed by atoms with E-state index in [4.69, 9.17) is 5.73 Å². The van der Waals surface area contributed by atoms with Crippen molar-refractivity contribution in [1.82, 2.24) is 5.32 Å². The van der Waals surface area contributed by atoms with Crippen molar-refractivity contribution in [2.75, 3.05) is 18.1 Å². The van der Waals surface area contributed by atoms with Gasteiger partial charge in [-0.05, 0) is 55.3 Å². The molecule has 0 fully saturated rings. The molecule has 0 aliphatic rings. The molecule has 0 bridgehead atoms. The van der Waals surface area contributed by atoms with Crippen LogP contribution in [0.25, 0.3) is 0 Å². The van der Waals surface area contributed by atoms with Gasteiger partial charge in [-0.15, -0.1) is 0 Å². The standard InChI is InChI=1S/C16H19N3O/c1-10-6-11(2)8-13(7-10)19-15-9-12(17)4-5-14(15)16(20)18-3/h4-9,19H,17H2,1-3H3,(H,18,20). The molecule has 0 radical (unpaired) electrons. The second-order valence-electron chi connectivity index (χ2n) is 4.89. The third-order valence-corrected chi connectivity index (χ3v) is 3.02. The van der Waals surface area contributed by atoms with Crippen molar-refractivity contribution in [3.05, 3.63) is 53.1 Å². The summed E-state index contributed by atoms with van der Waals surface area (Å²) in [7, 11) is 1.61. The Balaban J connectivity index is 2.41. The molecular weight excluding hydrogens is 250 g/mol. The first-order valence-electron chi connectivity index (χ1n) is 6.46. The summed E-state index contributed by atoms with van der Waals surface area (Å²) in [5.41, 5.74) is 11.0. The first kappa shape index (κ1) is 13.9. The van der Waals surface area contributed by atoms with Gasteiger partial charge in [-0.25, -0.2) is 0 Å². The molecule has 2 rings (SSSR count). The number of nitrogens with one attached hydrogen (secondary N) is 2. The highest BCUT2D eigenvalue weighted by atomic mass is 16.1. The molecule has 0 aliphatic heterocycles. The molecular formula is C16H19N3O. The molecule has 4 nitrogen and oxygen atoms in total. The second-order valence-corrected chi connectivity index (χ2v) is 4.89. The first-order valence-corrected chi connectivity index (χ1v) is 6.46. The summed E-state index contributed by atoms with van der Waals surface area (Å²) in [6, 6.07) is 11.4. The monoisotopic (exact) mass is 269 g/mol. The Bertz CT molecular complexity index is 630. The fraction of sp³-hybridized carbons (Fsp3) is 0.188. The van der Waals surface area contributed by atoms with E-state index in [1.807, 2.05) is 26.0 Å². The predicted molar refractivity (Wildman–Crippen MR) is 83.4 cm³/mol. The highest BCUT2D eigenvalue weighted by molar-refractivity contribution is 6.00. The molecule has 0 saturated heterocycles. The zero-order chi connectivity index (χ0) is 14.7. The minimum atomic E-state index is -0.142. The van der Waals surface area contributed by atoms with Gasteiger partial charge in [0, 0.05) is 18.4 Å². The number of nitrogen functional groups attached to an aromatic ring is 1. The second kappa shape index (κ2) is 5.65. The van der Waals surface area contributed by atoms with E-state index >= 15 is 0 Å². The van der Waals surface area contributed by atoms with Crippen LogP contribution >= 0.6 is 0 Å². The van der Waals surface area contributed by atoms with Crippen molar-refractivity contribution in [3.8, 4) is 0 Å². The van der Waals surface area contributed by atoms with Gasteiger partial charge in [0.25, 0.3) is 5.91 Å². The molecule has 4 N–H and O–H groups in total. The lowest BCUT2D eigenvalue weighted by Crippen LogP contribution is -2.19. The van der Waals surface area contributed by atoms with Crippen LogP contribution in [0.15, 0.2) is 36.4 Å². The van der Waals surface area contributed by atoms with Crippen LogP contribution in [0, 0.1) is 13.8 Å². The number of nitrogens with two attached hydrogens (primary N) is 1. The van der Waals surface area contributed by atoms with Crippen LogP contribution in [-0.4, -0.2) is 13.0 Å². The van der Waals surface area contributed by atoms with Crippen LogP contribution in [0.5, 0.6) is 0 Å². The zero-order valence-corrected chi connectivity index (χ0v) is 11.9. The lowest BCUT2D eigenvalue weighted by atomic mass is 10.1. The van der Waals surface area contributed by atoms with E-state index in [2.05, 4.69) is 16.7 Å². The normalized spacial score (nSPS) is 10.2. The van der Waals surface area contributed by atoms with Crippen LogP contribution in [-0.2, 0) is 0 Å². The highest BCUT2D eigenvalue weighted by Gasteiger charge is 2.10. The van der Waals surface area contributed by atoms with E-state index < -0.39 is 0 Å². The van der Waals surface area contributed by atoms with Crippen molar-refractivity contribution in [2.24, 2.45) is 0 Å².